The second kappa shape index (κ2) is 4.85. The minimum absolute atomic E-state index is 0.124. The van der Waals surface area contributed by atoms with Crippen molar-refractivity contribution >= 4 is 32.7 Å². The molecule has 0 fully saturated rings. The molecule has 10 heavy (non-hydrogen) atoms. The summed E-state index contributed by atoms with van der Waals surface area (Å²) in [4.78, 5) is 0. The Bertz CT molecular complexity index is 160. The summed E-state index contributed by atoms with van der Waals surface area (Å²) in [5, 5.41) is 18.2. The Morgan fingerprint density at radius 1 is 1.90 bits per heavy atom. The molecule has 3 N–H and O–H groups in total. The third kappa shape index (κ3) is 4.00. The van der Waals surface area contributed by atoms with E-state index in [0.717, 1.165) is 0 Å². The van der Waals surface area contributed by atoms with Crippen molar-refractivity contribution in [3.8, 4) is 0 Å². The number of nitrogens with one attached hydrogen (secondary N) is 2. The van der Waals surface area contributed by atoms with E-state index in [1.807, 2.05) is 0 Å². The first-order chi connectivity index (χ1) is 4.57. The molecule has 0 saturated heterocycles. The number of rotatable bonds is 3. The summed E-state index contributed by atoms with van der Waals surface area (Å²) in [6, 6.07) is 0. The van der Waals surface area contributed by atoms with Crippen LogP contribution >= 0.6 is 27.5 Å². The van der Waals surface area contributed by atoms with Crippen LogP contribution in [-0.4, -0.2) is 23.6 Å². The van der Waals surface area contributed by atoms with Crippen LogP contribution in [0.5, 0.6) is 0 Å². The van der Waals surface area contributed by atoms with Gasteiger partial charge in [-0.25, -0.2) is 0 Å². The van der Waals surface area contributed by atoms with E-state index in [4.69, 9.17) is 22.1 Å². The van der Waals surface area contributed by atoms with Crippen LogP contribution in [0.3, 0.4) is 0 Å². The van der Waals surface area contributed by atoms with Crippen molar-refractivity contribution in [3.63, 3.8) is 0 Å². The van der Waals surface area contributed by atoms with E-state index < -0.39 is 6.23 Å². The molecular weight excluding hydrogens is 219 g/mol. The summed E-state index contributed by atoms with van der Waals surface area (Å²) >= 11 is 8.24. The first kappa shape index (κ1) is 10.1. The lowest BCUT2D eigenvalue weighted by Gasteiger charge is -2.06. The Morgan fingerprint density at radius 3 is 2.70 bits per heavy atom. The summed E-state index contributed by atoms with van der Waals surface area (Å²) in [6.45, 7) is 0. The van der Waals surface area contributed by atoms with Gasteiger partial charge in [-0.05, 0) is 13.1 Å². The smallest absolute Gasteiger partial charge is 0.137 e. The van der Waals surface area contributed by atoms with E-state index in [-0.39, 0.29) is 5.17 Å². The molecule has 0 heterocycles. The molecule has 1 atom stereocenters. The highest BCUT2D eigenvalue weighted by Gasteiger charge is 2.03. The second-order valence-electron chi connectivity index (χ2n) is 1.57. The zero-order valence-corrected chi connectivity index (χ0v) is 7.70. The number of aliphatic hydroxyl groups excluding tert-OH is 1. The molecule has 58 valence electrons. The van der Waals surface area contributed by atoms with Gasteiger partial charge in [0.1, 0.15) is 11.4 Å². The van der Waals surface area contributed by atoms with Gasteiger partial charge in [0.05, 0.1) is 0 Å². The lowest BCUT2D eigenvalue weighted by atomic mass is 10.4. The predicted octanol–water partition coefficient (Wildman–Crippen LogP) is 1.02. The summed E-state index contributed by atoms with van der Waals surface area (Å²) in [6.07, 6.45) is 0.516. The quantitative estimate of drug-likeness (QED) is 0.498. The maximum Gasteiger partial charge on any atom is 0.137 e. The molecule has 0 saturated carbocycles. The van der Waals surface area contributed by atoms with Crippen molar-refractivity contribution in [1.29, 1.82) is 5.41 Å². The van der Waals surface area contributed by atoms with Gasteiger partial charge in [0.25, 0.3) is 0 Å². The summed E-state index contributed by atoms with van der Waals surface area (Å²) in [7, 11) is 1.59. The van der Waals surface area contributed by atoms with Crippen LogP contribution < -0.4 is 5.32 Å². The normalized spacial score (nSPS) is 15.0. The van der Waals surface area contributed by atoms with Gasteiger partial charge in [0.2, 0.25) is 0 Å². The average Bonchev–Trinajstić information content (AvgIpc) is 1.85. The SMILES string of the molecule is CN[C@H](O)/C(Br)=C\C(=N)Cl. The largest absolute Gasteiger partial charge is 0.374 e. The fraction of sp³-hybridized carbons (Fsp3) is 0.400. The topological polar surface area (TPSA) is 56.1 Å². The molecule has 0 aliphatic carbocycles. The van der Waals surface area contributed by atoms with E-state index in [0.29, 0.717) is 4.48 Å². The van der Waals surface area contributed by atoms with Gasteiger partial charge in [-0.1, -0.05) is 27.5 Å². The van der Waals surface area contributed by atoms with Gasteiger partial charge in [-0.3, -0.25) is 10.7 Å². The number of hydrogen-bond donors (Lipinski definition) is 3. The van der Waals surface area contributed by atoms with Crippen LogP contribution in [0.1, 0.15) is 0 Å². The number of aliphatic hydroxyl groups is 1. The maximum atomic E-state index is 8.99. The molecule has 5 heteroatoms. The summed E-state index contributed by atoms with van der Waals surface area (Å²) in [5.41, 5.74) is 0. The molecule has 0 unspecified atom stereocenters. The minimum atomic E-state index is -0.793. The van der Waals surface area contributed by atoms with E-state index in [1.54, 1.807) is 7.05 Å². The predicted molar refractivity (Wildman–Crippen MR) is 45.7 cm³/mol. The van der Waals surface area contributed by atoms with Gasteiger partial charge in [0, 0.05) is 4.48 Å². The van der Waals surface area contributed by atoms with E-state index in [1.165, 1.54) is 6.08 Å². The molecule has 0 aliphatic heterocycles. The zero-order chi connectivity index (χ0) is 8.15. The number of hydrogen-bond acceptors (Lipinski definition) is 3. The van der Waals surface area contributed by atoms with Crippen molar-refractivity contribution in [1.82, 2.24) is 5.32 Å². The van der Waals surface area contributed by atoms with E-state index >= 15 is 0 Å². The first-order valence-electron chi connectivity index (χ1n) is 2.54. The van der Waals surface area contributed by atoms with Crippen LogP contribution in [0.25, 0.3) is 0 Å². The fourth-order valence-corrected chi connectivity index (χ4v) is 1.05. The number of likely N-dealkylation sites (N-methyl/N-ethyl adjacent to an activating group) is 1. The third-order valence-electron chi connectivity index (χ3n) is 0.799. The van der Waals surface area contributed by atoms with Crippen molar-refractivity contribution in [2.24, 2.45) is 0 Å². The molecule has 0 rings (SSSR count). The Morgan fingerprint density at radius 2 is 2.40 bits per heavy atom. The third-order valence-corrected chi connectivity index (χ3v) is 1.57. The second-order valence-corrected chi connectivity index (χ2v) is 2.89. The van der Waals surface area contributed by atoms with Crippen LogP contribution in [-0.2, 0) is 0 Å². The van der Waals surface area contributed by atoms with E-state index in [2.05, 4.69) is 21.2 Å². The fourth-order valence-electron chi connectivity index (χ4n) is 0.338. The van der Waals surface area contributed by atoms with Gasteiger partial charge < -0.3 is 5.11 Å². The minimum Gasteiger partial charge on any atom is -0.374 e. The Hall–Kier alpha value is 0.1000. The molecule has 0 amide bonds. The highest BCUT2D eigenvalue weighted by molar-refractivity contribution is 9.11. The molecule has 0 radical (unpaired) electrons. The van der Waals surface area contributed by atoms with Gasteiger partial charge >= 0.3 is 0 Å². The molecule has 3 nitrogen and oxygen atoms in total. The van der Waals surface area contributed by atoms with Crippen molar-refractivity contribution in [2.45, 2.75) is 6.23 Å². The molecule has 0 aromatic carbocycles. The number of halogens is 2. The van der Waals surface area contributed by atoms with Crippen LogP contribution in [0.4, 0.5) is 0 Å². The monoisotopic (exact) mass is 226 g/mol. The molecule has 0 aromatic rings. The summed E-state index contributed by atoms with van der Waals surface area (Å²) in [5.74, 6) is 0. The standard InChI is InChI=1S/C5H8BrClN2O/c1-9-5(10)3(6)2-4(7)8/h2,5,8-10H,1H3/b3-2+,8-4?/t5-/m1/s1. The lowest BCUT2D eigenvalue weighted by Crippen LogP contribution is -2.24. The molecule has 0 bridgehead atoms. The van der Waals surface area contributed by atoms with Crippen molar-refractivity contribution in [3.05, 3.63) is 10.6 Å². The van der Waals surface area contributed by atoms with Crippen LogP contribution in [0.2, 0.25) is 0 Å². The van der Waals surface area contributed by atoms with Gasteiger partial charge in [-0.2, -0.15) is 0 Å². The van der Waals surface area contributed by atoms with E-state index in [9.17, 15) is 0 Å². The molecule has 0 spiro atoms. The zero-order valence-electron chi connectivity index (χ0n) is 5.36. The average molecular weight is 227 g/mol. The number of allylic oxidation sites excluding steroid dienone is 1. The van der Waals surface area contributed by atoms with Gasteiger partial charge in [-0.15, -0.1) is 0 Å². The Kier molecular flexibility index (Phi) is 4.89. The van der Waals surface area contributed by atoms with Crippen LogP contribution in [0, 0.1) is 5.41 Å². The summed E-state index contributed by atoms with van der Waals surface area (Å²) < 4.78 is 0.440. The maximum absolute atomic E-state index is 8.99. The molecule has 0 aromatic heterocycles. The first-order valence-corrected chi connectivity index (χ1v) is 3.71. The highest BCUT2D eigenvalue weighted by atomic mass is 79.9. The lowest BCUT2D eigenvalue weighted by molar-refractivity contribution is 0.192. The Labute approximate surface area is 72.7 Å². The van der Waals surface area contributed by atoms with Crippen molar-refractivity contribution in [2.75, 3.05) is 7.05 Å². The Balaban J connectivity index is 4.04. The van der Waals surface area contributed by atoms with Crippen LogP contribution in [0.15, 0.2) is 10.6 Å². The highest BCUT2D eigenvalue weighted by Crippen LogP contribution is 2.08. The molecular formula is C5H8BrClN2O. The van der Waals surface area contributed by atoms with Gasteiger partial charge in [0.15, 0.2) is 0 Å². The molecule has 0 aliphatic rings. The van der Waals surface area contributed by atoms with Crippen molar-refractivity contribution < 1.29 is 5.11 Å².